The van der Waals surface area contributed by atoms with E-state index in [1.165, 1.54) is 0 Å². The largest absolute Gasteiger partial charge is 0.496 e. The van der Waals surface area contributed by atoms with Crippen LogP contribution in [0.15, 0.2) is 18.2 Å². The second-order valence-electron chi connectivity index (χ2n) is 3.57. The summed E-state index contributed by atoms with van der Waals surface area (Å²) in [6.07, 6.45) is 0.226. The molecule has 3 heteroatoms. The number of aliphatic hydroxyl groups excluding tert-OH is 2. The Bertz CT molecular complexity index is 335. The molecule has 2 N–H and O–H groups in total. The van der Waals surface area contributed by atoms with E-state index >= 15 is 0 Å². The zero-order valence-electron chi connectivity index (χ0n) is 8.10. The molecule has 76 valence electrons. The lowest BCUT2D eigenvalue weighted by molar-refractivity contribution is 0.0886. The van der Waals surface area contributed by atoms with Gasteiger partial charge in [0.15, 0.2) is 0 Å². The molecule has 1 aliphatic carbocycles. The summed E-state index contributed by atoms with van der Waals surface area (Å²) < 4.78 is 5.16. The third-order valence-electron chi connectivity index (χ3n) is 2.73. The topological polar surface area (TPSA) is 49.7 Å². The second-order valence-corrected chi connectivity index (χ2v) is 3.57. The minimum absolute atomic E-state index is 0.469. The molecule has 14 heavy (non-hydrogen) atoms. The van der Waals surface area contributed by atoms with Gasteiger partial charge in [-0.15, -0.1) is 0 Å². The summed E-state index contributed by atoms with van der Waals surface area (Å²) in [5, 5.41) is 19.5. The van der Waals surface area contributed by atoms with Crippen molar-refractivity contribution in [1.82, 2.24) is 0 Å². The van der Waals surface area contributed by atoms with Crippen LogP contribution in [0.25, 0.3) is 0 Å². The molecular formula is C11H14O3. The first-order valence-electron chi connectivity index (χ1n) is 4.77. The number of hydrogen-bond donors (Lipinski definition) is 2. The van der Waals surface area contributed by atoms with Crippen LogP contribution in [0.2, 0.25) is 0 Å². The zero-order valence-corrected chi connectivity index (χ0v) is 8.10. The maximum Gasteiger partial charge on any atom is 0.125 e. The van der Waals surface area contributed by atoms with Crippen molar-refractivity contribution >= 4 is 0 Å². The minimum Gasteiger partial charge on any atom is -0.496 e. The molecule has 0 spiro atoms. The number of fused-ring (bicyclic) bond motifs is 1. The van der Waals surface area contributed by atoms with Crippen LogP contribution in [0, 0.1) is 0 Å². The summed E-state index contributed by atoms with van der Waals surface area (Å²) >= 11 is 0. The van der Waals surface area contributed by atoms with Gasteiger partial charge in [0.2, 0.25) is 0 Å². The molecule has 2 rings (SSSR count). The summed E-state index contributed by atoms with van der Waals surface area (Å²) in [6, 6.07) is 5.48. The molecular weight excluding hydrogens is 180 g/mol. The number of ether oxygens (including phenoxy) is 1. The average molecular weight is 194 g/mol. The summed E-state index contributed by atoms with van der Waals surface area (Å²) in [4.78, 5) is 0. The van der Waals surface area contributed by atoms with Gasteiger partial charge in [0, 0.05) is 5.56 Å². The molecule has 1 aromatic carbocycles. The first-order valence-corrected chi connectivity index (χ1v) is 4.77. The lowest BCUT2D eigenvalue weighted by atomic mass is 9.87. The number of methoxy groups -OCH3 is 1. The van der Waals surface area contributed by atoms with E-state index in [-0.39, 0.29) is 0 Å². The SMILES string of the molecule is COc1cccc2c1[C@H](O)CC[C@H]2O. The Morgan fingerprint density at radius 3 is 2.64 bits per heavy atom. The van der Waals surface area contributed by atoms with Crippen LogP contribution in [0.5, 0.6) is 5.75 Å². The highest BCUT2D eigenvalue weighted by Crippen LogP contribution is 2.40. The van der Waals surface area contributed by atoms with Crippen molar-refractivity contribution in [2.24, 2.45) is 0 Å². The lowest BCUT2D eigenvalue weighted by Crippen LogP contribution is -2.14. The van der Waals surface area contributed by atoms with E-state index < -0.39 is 12.2 Å². The van der Waals surface area contributed by atoms with Gasteiger partial charge in [-0.3, -0.25) is 0 Å². The van der Waals surface area contributed by atoms with Crippen LogP contribution in [0.1, 0.15) is 36.2 Å². The molecule has 0 saturated heterocycles. The second kappa shape index (κ2) is 3.59. The van der Waals surface area contributed by atoms with Crippen molar-refractivity contribution in [3.05, 3.63) is 29.3 Å². The molecule has 1 aromatic rings. The molecule has 0 radical (unpaired) electrons. The van der Waals surface area contributed by atoms with Gasteiger partial charge >= 0.3 is 0 Å². The minimum atomic E-state index is -0.510. The Morgan fingerprint density at radius 1 is 1.21 bits per heavy atom. The molecule has 0 bridgehead atoms. The molecule has 0 aromatic heterocycles. The predicted molar refractivity (Wildman–Crippen MR) is 52.1 cm³/mol. The van der Waals surface area contributed by atoms with E-state index in [2.05, 4.69) is 0 Å². The fraction of sp³-hybridized carbons (Fsp3) is 0.455. The molecule has 0 fully saturated rings. The van der Waals surface area contributed by atoms with Crippen molar-refractivity contribution in [2.75, 3.05) is 7.11 Å². The quantitative estimate of drug-likeness (QED) is 0.713. The highest BCUT2D eigenvalue weighted by Gasteiger charge is 2.27. The molecule has 0 aliphatic heterocycles. The Hall–Kier alpha value is -1.06. The van der Waals surface area contributed by atoms with Crippen molar-refractivity contribution in [3.63, 3.8) is 0 Å². The summed E-state index contributed by atoms with van der Waals surface area (Å²) in [5.74, 6) is 0.661. The van der Waals surface area contributed by atoms with E-state index in [0.717, 1.165) is 11.1 Å². The first kappa shape index (κ1) is 9.49. The summed E-state index contributed by atoms with van der Waals surface area (Å²) in [6.45, 7) is 0. The molecule has 0 saturated carbocycles. The Balaban J connectivity index is 2.54. The van der Waals surface area contributed by atoms with Gasteiger partial charge < -0.3 is 14.9 Å². The normalized spacial score (nSPS) is 25.6. The van der Waals surface area contributed by atoms with E-state index in [4.69, 9.17) is 4.74 Å². The monoisotopic (exact) mass is 194 g/mol. The highest BCUT2D eigenvalue weighted by molar-refractivity contribution is 5.44. The third-order valence-corrected chi connectivity index (χ3v) is 2.73. The maximum absolute atomic E-state index is 9.80. The predicted octanol–water partition coefficient (Wildman–Crippen LogP) is 1.56. The molecule has 0 unspecified atom stereocenters. The van der Waals surface area contributed by atoms with Gasteiger partial charge in [0.05, 0.1) is 19.3 Å². The maximum atomic E-state index is 9.80. The van der Waals surface area contributed by atoms with Gasteiger partial charge in [0.25, 0.3) is 0 Å². The van der Waals surface area contributed by atoms with E-state index in [0.29, 0.717) is 18.6 Å². The van der Waals surface area contributed by atoms with Gasteiger partial charge in [0.1, 0.15) is 5.75 Å². The fourth-order valence-electron chi connectivity index (χ4n) is 2.00. The number of hydrogen-bond acceptors (Lipinski definition) is 3. The van der Waals surface area contributed by atoms with E-state index in [1.807, 2.05) is 12.1 Å². The van der Waals surface area contributed by atoms with Crippen LogP contribution in [-0.2, 0) is 0 Å². The Morgan fingerprint density at radius 2 is 1.93 bits per heavy atom. The molecule has 1 aliphatic rings. The molecule has 3 nitrogen and oxygen atoms in total. The summed E-state index contributed by atoms with van der Waals surface area (Å²) in [5.41, 5.74) is 1.54. The van der Waals surface area contributed by atoms with E-state index in [9.17, 15) is 10.2 Å². The molecule has 2 atom stereocenters. The lowest BCUT2D eigenvalue weighted by Gasteiger charge is -2.27. The molecule has 0 heterocycles. The van der Waals surface area contributed by atoms with Crippen molar-refractivity contribution in [2.45, 2.75) is 25.0 Å². The van der Waals surface area contributed by atoms with Crippen molar-refractivity contribution in [3.8, 4) is 5.75 Å². The van der Waals surface area contributed by atoms with Crippen LogP contribution in [0.4, 0.5) is 0 Å². The first-order chi connectivity index (χ1) is 6.74. The van der Waals surface area contributed by atoms with Crippen LogP contribution in [-0.4, -0.2) is 17.3 Å². The van der Waals surface area contributed by atoms with Gasteiger partial charge in [-0.05, 0) is 24.5 Å². The Labute approximate surface area is 83.0 Å². The molecule has 0 amide bonds. The standard InChI is InChI=1S/C11H14O3/c1-14-10-4-2-3-7-8(12)5-6-9(13)11(7)10/h2-4,8-9,12-13H,5-6H2,1H3/t8-,9-/m1/s1. The smallest absolute Gasteiger partial charge is 0.125 e. The van der Waals surface area contributed by atoms with Crippen LogP contribution >= 0.6 is 0 Å². The van der Waals surface area contributed by atoms with Crippen LogP contribution < -0.4 is 4.74 Å². The van der Waals surface area contributed by atoms with E-state index in [1.54, 1.807) is 13.2 Å². The average Bonchev–Trinajstić information content (AvgIpc) is 2.23. The van der Waals surface area contributed by atoms with Crippen LogP contribution in [0.3, 0.4) is 0 Å². The van der Waals surface area contributed by atoms with Gasteiger partial charge in [-0.1, -0.05) is 12.1 Å². The number of aliphatic hydroxyl groups is 2. The number of benzene rings is 1. The highest BCUT2D eigenvalue weighted by atomic mass is 16.5. The number of rotatable bonds is 1. The van der Waals surface area contributed by atoms with Crippen molar-refractivity contribution < 1.29 is 14.9 Å². The fourth-order valence-corrected chi connectivity index (χ4v) is 2.00. The van der Waals surface area contributed by atoms with Crippen molar-refractivity contribution in [1.29, 1.82) is 0 Å². The van der Waals surface area contributed by atoms with Gasteiger partial charge in [-0.25, -0.2) is 0 Å². The third kappa shape index (κ3) is 1.38. The zero-order chi connectivity index (χ0) is 10.1. The van der Waals surface area contributed by atoms with Gasteiger partial charge in [-0.2, -0.15) is 0 Å². The summed E-state index contributed by atoms with van der Waals surface area (Å²) in [7, 11) is 1.57. The Kier molecular flexibility index (Phi) is 2.44.